The SMILES string of the molecule is Cc1ccc(C(=O)Nc2cccc(N)c2)cc1Cl. The molecule has 2 aromatic carbocycles. The second kappa shape index (κ2) is 5.10. The van der Waals surface area contributed by atoms with Crippen molar-refractivity contribution in [2.45, 2.75) is 6.92 Å². The zero-order valence-electron chi connectivity index (χ0n) is 9.91. The number of anilines is 2. The molecule has 0 aromatic heterocycles. The second-order valence-electron chi connectivity index (χ2n) is 4.04. The largest absolute Gasteiger partial charge is 0.399 e. The molecule has 0 saturated heterocycles. The molecule has 0 atom stereocenters. The van der Waals surface area contributed by atoms with Crippen LogP contribution in [0.5, 0.6) is 0 Å². The number of nitrogen functional groups attached to an aromatic ring is 1. The summed E-state index contributed by atoms with van der Waals surface area (Å²) in [6.45, 7) is 1.89. The van der Waals surface area contributed by atoms with Gasteiger partial charge < -0.3 is 11.1 Å². The predicted molar refractivity (Wildman–Crippen MR) is 75.0 cm³/mol. The Bertz CT molecular complexity index is 596. The maximum atomic E-state index is 12.0. The maximum Gasteiger partial charge on any atom is 0.255 e. The van der Waals surface area contributed by atoms with Gasteiger partial charge in [-0.15, -0.1) is 0 Å². The van der Waals surface area contributed by atoms with Gasteiger partial charge in [-0.3, -0.25) is 4.79 Å². The van der Waals surface area contributed by atoms with E-state index < -0.39 is 0 Å². The van der Waals surface area contributed by atoms with Gasteiger partial charge in [-0.05, 0) is 42.8 Å². The number of hydrogen-bond acceptors (Lipinski definition) is 2. The first-order valence-corrected chi connectivity index (χ1v) is 5.87. The fraction of sp³-hybridized carbons (Fsp3) is 0.0714. The van der Waals surface area contributed by atoms with Crippen LogP contribution in [0.2, 0.25) is 5.02 Å². The van der Waals surface area contributed by atoms with Crippen molar-refractivity contribution in [2.24, 2.45) is 0 Å². The third-order valence-corrected chi connectivity index (χ3v) is 2.99. The van der Waals surface area contributed by atoms with Crippen molar-refractivity contribution in [2.75, 3.05) is 11.1 Å². The Morgan fingerprint density at radius 1 is 1.22 bits per heavy atom. The second-order valence-corrected chi connectivity index (χ2v) is 4.45. The fourth-order valence-corrected chi connectivity index (χ4v) is 1.73. The van der Waals surface area contributed by atoms with E-state index in [9.17, 15) is 4.79 Å². The van der Waals surface area contributed by atoms with Crippen LogP contribution in [-0.2, 0) is 0 Å². The normalized spacial score (nSPS) is 10.1. The molecule has 0 fully saturated rings. The summed E-state index contributed by atoms with van der Waals surface area (Å²) in [6, 6.07) is 12.2. The number of nitrogens with two attached hydrogens (primary N) is 1. The van der Waals surface area contributed by atoms with Crippen molar-refractivity contribution in [3.63, 3.8) is 0 Å². The third kappa shape index (κ3) is 2.81. The van der Waals surface area contributed by atoms with Gasteiger partial charge in [-0.1, -0.05) is 23.7 Å². The highest BCUT2D eigenvalue weighted by Crippen LogP contribution is 2.18. The molecule has 3 N–H and O–H groups in total. The lowest BCUT2D eigenvalue weighted by molar-refractivity contribution is 0.102. The Labute approximate surface area is 111 Å². The third-order valence-electron chi connectivity index (χ3n) is 2.58. The summed E-state index contributed by atoms with van der Waals surface area (Å²) < 4.78 is 0. The van der Waals surface area contributed by atoms with Crippen molar-refractivity contribution < 1.29 is 4.79 Å². The van der Waals surface area contributed by atoms with Gasteiger partial charge in [0.1, 0.15) is 0 Å². The molecule has 0 unspecified atom stereocenters. The molecule has 2 rings (SSSR count). The van der Waals surface area contributed by atoms with Crippen LogP contribution in [0.15, 0.2) is 42.5 Å². The number of carbonyl (C=O) groups is 1. The number of hydrogen-bond donors (Lipinski definition) is 2. The molecular formula is C14H13ClN2O. The van der Waals surface area contributed by atoms with Gasteiger partial charge in [0.15, 0.2) is 0 Å². The number of amides is 1. The predicted octanol–water partition coefficient (Wildman–Crippen LogP) is 3.48. The summed E-state index contributed by atoms with van der Waals surface area (Å²) in [5, 5.41) is 3.35. The van der Waals surface area contributed by atoms with E-state index in [4.69, 9.17) is 17.3 Å². The lowest BCUT2D eigenvalue weighted by atomic mass is 10.1. The first-order valence-electron chi connectivity index (χ1n) is 5.49. The van der Waals surface area contributed by atoms with Crippen LogP contribution >= 0.6 is 11.6 Å². The Morgan fingerprint density at radius 2 is 2.00 bits per heavy atom. The number of benzene rings is 2. The van der Waals surface area contributed by atoms with Crippen LogP contribution in [0.3, 0.4) is 0 Å². The molecule has 92 valence electrons. The molecule has 18 heavy (non-hydrogen) atoms. The Morgan fingerprint density at radius 3 is 2.67 bits per heavy atom. The topological polar surface area (TPSA) is 55.1 Å². The smallest absolute Gasteiger partial charge is 0.255 e. The zero-order valence-corrected chi connectivity index (χ0v) is 10.7. The van der Waals surface area contributed by atoms with Crippen molar-refractivity contribution >= 4 is 28.9 Å². The summed E-state index contributed by atoms with van der Waals surface area (Å²) >= 11 is 5.99. The monoisotopic (exact) mass is 260 g/mol. The molecule has 4 heteroatoms. The van der Waals surface area contributed by atoms with E-state index >= 15 is 0 Å². The molecule has 0 saturated carbocycles. The van der Waals surface area contributed by atoms with Gasteiger partial charge in [0.2, 0.25) is 0 Å². The highest BCUT2D eigenvalue weighted by Gasteiger charge is 2.07. The van der Waals surface area contributed by atoms with E-state index in [1.165, 1.54) is 0 Å². The summed E-state index contributed by atoms with van der Waals surface area (Å²) in [5.41, 5.74) is 8.38. The average molecular weight is 261 g/mol. The lowest BCUT2D eigenvalue weighted by Gasteiger charge is -2.07. The fourth-order valence-electron chi connectivity index (χ4n) is 1.55. The Balaban J connectivity index is 2.19. The lowest BCUT2D eigenvalue weighted by Crippen LogP contribution is -2.12. The van der Waals surface area contributed by atoms with Gasteiger partial charge in [0, 0.05) is 22.0 Å². The number of nitrogens with one attached hydrogen (secondary N) is 1. The summed E-state index contributed by atoms with van der Waals surface area (Å²) in [7, 11) is 0. The molecule has 2 aromatic rings. The highest BCUT2D eigenvalue weighted by atomic mass is 35.5. The Kier molecular flexibility index (Phi) is 3.53. The van der Waals surface area contributed by atoms with Gasteiger partial charge in [-0.2, -0.15) is 0 Å². The standard InChI is InChI=1S/C14H13ClN2O/c1-9-5-6-10(7-13(9)15)14(18)17-12-4-2-3-11(16)8-12/h2-8H,16H2,1H3,(H,17,18). The van der Waals surface area contributed by atoms with Crippen LogP contribution in [0.25, 0.3) is 0 Å². The zero-order chi connectivity index (χ0) is 13.1. The van der Waals surface area contributed by atoms with Crippen molar-refractivity contribution in [1.82, 2.24) is 0 Å². The molecule has 0 radical (unpaired) electrons. The minimum absolute atomic E-state index is 0.206. The maximum absolute atomic E-state index is 12.0. The van der Waals surface area contributed by atoms with E-state index in [1.54, 1.807) is 36.4 Å². The molecule has 0 aliphatic rings. The van der Waals surface area contributed by atoms with Crippen LogP contribution in [0.4, 0.5) is 11.4 Å². The minimum atomic E-state index is -0.206. The van der Waals surface area contributed by atoms with Gasteiger partial charge in [0.05, 0.1) is 0 Å². The van der Waals surface area contributed by atoms with Crippen molar-refractivity contribution in [3.05, 3.63) is 58.6 Å². The van der Waals surface area contributed by atoms with Crippen LogP contribution < -0.4 is 11.1 Å². The van der Waals surface area contributed by atoms with E-state index in [0.29, 0.717) is 22.0 Å². The van der Waals surface area contributed by atoms with Crippen molar-refractivity contribution in [1.29, 1.82) is 0 Å². The molecule has 3 nitrogen and oxygen atoms in total. The minimum Gasteiger partial charge on any atom is -0.399 e. The van der Waals surface area contributed by atoms with Gasteiger partial charge >= 0.3 is 0 Å². The number of aryl methyl sites for hydroxylation is 1. The van der Waals surface area contributed by atoms with Gasteiger partial charge in [0.25, 0.3) is 5.91 Å². The molecule has 0 bridgehead atoms. The van der Waals surface area contributed by atoms with Gasteiger partial charge in [-0.25, -0.2) is 0 Å². The first-order chi connectivity index (χ1) is 8.56. The van der Waals surface area contributed by atoms with E-state index in [2.05, 4.69) is 5.32 Å². The summed E-state index contributed by atoms with van der Waals surface area (Å²) in [5.74, 6) is -0.206. The van der Waals surface area contributed by atoms with E-state index in [1.807, 2.05) is 13.0 Å². The molecule has 0 aliphatic heterocycles. The van der Waals surface area contributed by atoms with E-state index in [-0.39, 0.29) is 5.91 Å². The van der Waals surface area contributed by atoms with E-state index in [0.717, 1.165) is 5.56 Å². The molecule has 0 spiro atoms. The quantitative estimate of drug-likeness (QED) is 0.812. The van der Waals surface area contributed by atoms with Crippen LogP contribution in [0.1, 0.15) is 15.9 Å². The molecular weight excluding hydrogens is 248 g/mol. The number of carbonyl (C=O) groups excluding carboxylic acids is 1. The Hall–Kier alpha value is -2.00. The number of halogens is 1. The average Bonchev–Trinajstić information content (AvgIpc) is 2.32. The van der Waals surface area contributed by atoms with Crippen molar-refractivity contribution in [3.8, 4) is 0 Å². The molecule has 1 amide bonds. The molecule has 0 aliphatic carbocycles. The van der Waals surface area contributed by atoms with Crippen LogP contribution in [-0.4, -0.2) is 5.91 Å². The first kappa shape index (κ1) is 12.5. The van der Waals surface area contributed by atoms with Crippen LogP contribution in [0, 0.1) is 6.92 Å². The highest BCUT2D eigenvalue weighted by molar-refractivity contribution is 6.31. The number of rotatable bonds is 2. The molecule has 0 heterocycles. The summed E-state index contributed by atoms with van der Waals surface area (Å²) in [6.07, 6.45) is 0. The summed E-state index contributed by atoms with van der Waals surface area (Å²) in [4.78, 5) is 12.0.